The fourth-order valence-corrected chi connectivity index (χ4v) is 3.66. The van der Waals surface area contributed by atoms with Crippen molar-refractivity contribution in [2.45, 2.75) is 31.0 Å². The van der Waals surface area contributed by atoms with Gasteiger partial charge in [-0.2, -0.15) is 0 Å². The third kappa shape index (κ3) is 4.43. The van der Waals surface area contributed by atoms with Crippen LogP contribution in [-0.4, -0.2) is 49.6 Å². The summed E-state index contributed by atoms with van der Waals surface area (Å²) >= 11 is 12.2. The average molecular weight is 386 g/mol. The van der Waals surface area contributed by atoms with E-state index in [0.717, 1.165) is 25.9 Å². The van der Waals surface area contributed by atoms with Crippen molar-refractivity contribution < 1.29 is 9.59 Å². The van der Waals surface area contributed by atoms with Gasteiger partial charge < -0.3 is 16.0 Å². The van der Waals surface area contributed by atoms with Crippen LogP contribution in [0.5, 0.6) is 0 Å². The number of hydrazine groups is 1. The van der Waals surface area contributed by atoms with Crippen LogP contribution in [0.25, 0.3) is 0 Å². The van der Waals surface area contributed by atoms with Crippen LogP contribution in [0.2, 0.25) is 10.0 Å². The van der Waals surface area contributed by atoms with Crippen molar-refractivity contribution in [2.24, 2.45) is 0 Å². The number of piperidine rings is 1. The van der Waals surface area contributed by atoms with Crippen LogP contribution in [0, 0.1) is 0 Å². The van der Waals surface area contributed by atoms with Crippen molar-refractivity contribution in [3.63, 3.8) is 0 Å². The van der Waals surface area contributed by atoms with Crippen LogP contribution in [0.1, 0.15) is 23.2 Å². The maximum Gasteiger partial charge on any atom is 0.254 e. The molecule has 1 aromatic rings. The SMILES string of the molecule is O=C(NC1CNNC1C(=O)NC1CCNCC1)c1c(Cl)cccc1Cl. The number of hydrogen-bond acceptors (Lipinski definition) is 5. The van der Waals surface area contributed by atoms with Gasteiger partial charge in [-0.3, -0.25) is 15.0 Å². The molecule has 9 heteroatoms. The lowest BCUT2D eigenvalue weighted by atomic mass is 10.0. The summed E-state index contributed by atoms with van der Waals surface area (Å²) in [5, 5.41) is 9.70. The summed E-state index contributed by atoms with van der Waals surface area (Å²) in [6.45, 7) is 2.22. The van der Waals surface area contributed by atoms with E-state index in [-0.39, 0.29) is 27.6 Å². The van der Waals surface area contributed by atoms with Crippen LogP contribution < -0.4 is 26.8 Å². The van der Waals surface area contributed by atoms with Crippen molar-refractivity contribution in [1.29, 1.82) is 0 Å². The Morgan fingerprint density at radius 1 is 1.08 bits per heavy atom. The summed E-state index contributed by atoms with van der Waals surface area (Å²) in [5.74, 6) is -0.529. The Bertz CT molecular complexity index is 631. The Balaban J connectivity index is 1.63. The van der Waals surface area contributed by atoms with Crippen molar-refractivity contribution >= 4 is 35.0 Å². The molecule has 7 nitrogen and oxygen atoms in total. The molecule has 25 heavy (non-hydrogen) atoms. The van der Waals surface area contributed by atoms with E-state index in [9.17, 15) is 9.59 Å². The lowest BCUT2D eigenvalue weighted by Crippen LogP contribution is -2.55. The third-order valence-electron chi connectivity index (χ3n) is 4.46. The minimum absolute atomic E-state index is 0.132. The van der Waals surface area contributed by atoms with E-state index < -0.39 is 18.0 Å². The molecule has 5 N–H and O–H groups in total. The first-order valence-electron chi connectivity index (χ1n) is 8.30. The molecule has 0 spiro atoms. The molecule has 0 aromatic heterocycles. The fraction of sp³-hybridized carbons (Fsp3) is 0.500. The minimum Gasteiger partial charge on any atom is -0.352 e. The van der Waals surface area contributed by atoms with Gasteiger partial charge in [0.05, 0.1) is 21.7 Å². The number of benzene rings is 1. The highest BCUT2D eigenvalue weighted by molar-refractivity contribution is 6.39. The van der Waals surface area contributed by atoms with Gasteiger partial charge in [-0.05, 0) is 38.1 Å². The van der Waals surface area contributed by atoms with Gasteiger partial charge in [0.1, 0.15) is 6.04 Å². The predicted octanol–water partition coefficient (Wildman–Crippen LogP) is 0.436. The average Bonchev–Trinajstić information content (AvgIpc) is 3.04. The Kier molecular flexibility index (Phi) is 6.14. The van der Waals surface area contributed by atoms with Gasteiger partial charge >= 0.3 is 0 Å². The molecule has 2 heterocycles. The quantitative estimate of drug-likeness (QED) is 0.518. The summed E-state index contributed by atoms with van der Waals surface area (Å²) in [7, 11) is 0. The van der Waals surface area contributed by atoms with Gasteiger partial charge in [-0.25, -0.2) is 5.43 Å². The molecule has 1 aromatic carbocycles. The van der Waals surface area contributed by atoms with Crippen molar-refractivity contribution in [2.75, 3.05) is 19.6 Å². The van der Waals surface area contributed by atoms with Crippen molar-refractivity contribution in [1.82, 2.24) is 26.8 Å². The molecule has 3 rings (SSSR count). The van der Waals surface area contributed by atoms with Crippen LogP contribution in [-0.2, 0) is 4.79 Å². The summed E-state index contributed by atoms with van der Waals surface area (Å²) in [6, 6.07) is 4.09. The van der Waals surface area contributed by atoms with E-state index in [4.69, 9.17) is 23.2 Å². The van der Waals surface area contributed by atoms with Gasteiger partial charge in [0, 0.05) is 12.6 Å². The summed E-state index contributed by atoms with van der Waals surface area (Å²) in [5.41, 5.74) is 6.06. The van der Waals surface area contributed by atoms with E-state index >= 15 is 0 Å². The molecular weight excluding hydrogens is 365 g/mol. The largest absolute Gasteiger partial charge is 0.352 e. The molecule has 2 saturated heterocycles. The molecule has 2 aliphatic heterocycles. The van der Waals surface area contributed by atoms with E-state index in [1.54, 1.807) is 18.2 Å². The zero-order valence-electron chi connectivity index (χ0n) is 13.6. The minimum atomic E-state index is -0.555. The summed E-state index contributed by atoms with van der Waals surface area (Å²) in [6.07, 6.45) is 1.80. The lowest BCUT2D eigenvalue weighted by Gasteiger charge is -2.26. The Morgan fingerprint density at radius 3 is 2.44 bits per heavy atom. The smallest absolute Gasteiger partial charge is 0.254 e. The van der Waals surface area contributed by atoms with Crippen LogP contribution in [0.4, 0.5) is 0 Å². The lowest BCUT2D eigenvalue weighted by molar-refractivity contribution is -0.124. The van der Waals surface area contributed by atoms with Gasteiger partial charge in [0.25, 0.3) is 5.91 Å². The number of rotatable bonds is 4. The molecule has 0 saturated carbocycles. The first-order chi connectivity index (χ1) is 12.1. The standard InChI is InChI=1S/C16H21Cl2N5O2/c17-10-2-1-3-11(18)13(10)15(24)22-12-8-20-23-14(12)16(25)21-9-4-6-19-7-5-9/h1-3,9,12,14,19-20,23H,4-8H2,(H,21,25)(H,22,24). The topological polar surface area (TPSA) is 94.3 Å². The second-order valence-electron chi connectivity index (χ2n) is 6.21. The summed E-state index contributed by atoms with van der Waals surface area (Å²) in [4.78, 5) is 25.1. The molecule has 0 aliphatic carbocycles. The predicted molar refractivity (Wildman–Crippen MR) is 96.7 cm³/mol. The number of nitrogens with one attached hydrogen (secondary N) is 5. The van der Waals surface area contributed by atoms with E-state index in [1.807, 2.05) is 0 Å². The first kappa shape index (κ1) is 18.4. The molecule has 0 bridgehead atoms. The zero-order valence-corrected chi connectivity index (χ0v) is 15.1. The van der Waals surface area contributed by atoms with Crippen LogP contribution in [0.15, 0.2) is 18.2 Å². The molecule has 2 fully saturated rings. The normalized spacial score (nSPS) is 24.1. The van der Waals surface area contributed by atoms with Crippen LogP contribution >= 0.6 is 23.2 Å². The van der Waals surface area contributed by atoms with E-state index in [0.29, 0.717) is 6.54 Å². The van der Waals surface area contributed by atoms with E-state index in [2.05, 4.69) is 26.8 Å². The third-order valence-corrected chi connectivity index (χ3v) is 5.09. The molecule has 2 amide bonds. The Hall–Kier alpha value is -1.38. The molecule has 2 atom stereocenters. The highest BCUT2D eigenvalue weighted by Gasteiger charge is 2.35. The number of carbonyl (C=O) groups is 2. The number of amides is 2. The highest BCUT2D eigenvalue weighted by atomic mass is 35.5. The number of hydrogen-bond donors (Lipinski definition) is 5. The molecule has 136 valence electrons. The molecular formula is C16H21Cl2N5O2. The zero-order chi connectivity index (χ0) is 17.8. The van der Waals surface area contributed by atoms with Crippen molar-refractivity contribution in [3.8, 4) is 0 Å². The Morgan fingerprint density at radius 2 is 1.76 bits per heavy atom. The number of carbonyl (C=O) groups excluding carboxylic acids is 2. The fourth-order valence-electron chi connectivity index (χ4n) is 3.09. The molecule has 0 radical (unpaired) electrons. The van der Waals surface area contributed by atoms with Gasteiger partial charge in [-0.1, -0.05) is 29.3 Å². The summed E-state index contributed by atoms with van der Waals surface area (Å²) < 4.78 is 0. The van der Waals surface area contributed by atoms with Gasteiger partial charge in [0.15, 0.2) is 0 Å². The monoisotopic (exact) mass is 385 g/mol. The second kappa shape index (κ2) is 8.33. The second-order valence-corrected chi connectivity index (χ2v) is 7.03. The molecule has 2 unspecified atom stereocenters. The maximum atomic E-state index is 12.5. The van der Waals surface area contributed by atoms with Gasteiger partial charge in [-0.15, -0.1) is 0 Å². The highest BCUT2D eigenvalue weighted by Crippen LogP contribution is 2.24. The first-order valence-corrected chi connectivity index (χ1v) is 9.06. The van der Waals surface area contributed by atoms with Gasteiger partial charge in [0.2, 0.25) is 5.91 Å². The molecule has 2 aliphatic rings. The van der Waals surface area contributed by atoms with Crippen molar-refractivity contribution in [3.05, 3.63) is 33.8 Å². The Labute approximate surface area is 156 Å². The maximum absolute atomic E-state index is 12.5. The van der Waals surface area contributed by atoms with E-state index in [1.165, 1.54) is 0 Å². The van der Waals surface area contributed by atoms with Crippen LogP contribution in [0.3, 0.4) is 0 Å². The number of halogens is 2.